The molecule has 0 aliphatic carbocycles. The van der Waals surface area contributed by atoms with Crippen LogP contribution in [0.25, 0.3) is 0 Å². The molecule has 0 saturated heterocycles. The largest absolute Gasteiger partial charge is 0.444 e. The van der Waals surface area contributed by atoms with Crippen molar-refractivity contribution in [3.63, 3.8) is 0 Å². The first kappa shape index (κ1) is 16.7. The number of alkyl halides is 1. The highest BCUT2D eigenvalue weighted by molar-refractivity contribution is 9.09. The van der Waals surface area contributed by atoms with Gasteiger partial charge in [0.15, 0.2) is 0 Å². The van der Waals surface area contributed by atoms with Gasteiger partial charge in [-0.3, -0.25) is 5.32 Å². The first-order chi connectivity index (χ1) is 7.56. The van der Waals surface area contributed by atoms with Crippen LogP contribution in [0.1, 0.15) is 41.5 Å². The zero-order chi connectivity index (χ0) is 13.7. The SMILES string of the molecule is CC(NC(=O)OC(C)(C)C)OCC(C)(C)CBr. The Hall–Kier alpha value is -0.290. The highest BCUT2D eigenvalue weighted by Gasteiger charge is 2.20. The van der Waals surface area contributed by atoms with E-state index in [1.54, 1.807) is 6.92 Å². The average Bonchev–Trinajstić information content (AvgIpc) is 2.12. The van der Waals surface area contributed by atoms with Crippen molar-refractivity contribution >= 4 is 22.0 Å². The zero-order valence-electron chi connectivity index (χ0n) is 11.6. The van der Waals surface area contributed by atoms with E-state index in [0.29, 0.717) is 6.61 Å². The fourth-order valence-corrected chi connectivity index (χ4v) is 1.07. The third kappa shape index (κ3) is 9.41. The molecule has 5 heteroatoms. The van der Waals surface area contributed by atoms with Gasteiger partial charge in [0.1, 0.15) is 11.8 Å². The average molecular weight is 310 g/mol. The van der Waals surface area contributed by atoms with Crippen LogP contribution in [0.3, 0.4) is 0 Å². The van der Waals surface area contributed by atoms with Gasteiger partial charge in [0.2, 0.25) is 0 Å². The molecule has 0 aliphatic heterocycles. The summed E-state index contributed by atoms with van der Waals surface area (Å²) in [6.07, 6.45) is -0.815. The van der Waals surface area contributed by atoms with Crippen LogP contribution in [0.15, 0.2) is 0 Å². The molecule has 0 bridgehead atoms. The molecule has 102 valence electrons. The van der Waals surface area contributed by atoms with Crippen molar-refractivity contribution in [2.45, 2.75) is 53.4 Å². The van der Waals surface area contributed by atoms with Crippen LogP contribution in [-0.2, 0) is 9.47 Å². The minimum absolute atomic E-state index is 0.0455. The predicted octanol–water partition coefficient (Wildman–Crippen LogP) is 3.29. The van der Waals surface area contributed by atoms with Crippen LogP contribution in [-0.4, -0.2) is 29.9 Å². The summed E-state index contributed by atoms with van der Waals surface area (Å²) in [7, 11) is 0. The fourth-order valence-electron chi connectivity index (χ4n) is 0.904. The second kappa shape index (κ2) is 6.59. The second-order valence-electron chi connectivity index (χ2n) is 5.90. The van der Waals surface area contributed by atoms with Gasteiger partial charge in [0.25, 0.3) is 0 Å². The van der Waals surface area contributed by atoms with E-state index in [-0.39, 0.29) is 11.6 Å². The molecule has 0 saturated carbocycles. The van der Waals surface area contributed by atoms with Crippen molar-refractivity contribution in [3.05, 3.63) is 0 Å². The van der Waals surface area contributed by atoms with Crippen LogP contribution in [0.4, 0.5) is 4.79 Å². The van der Waals surface area contributed by atoms with Crippen molar-refractivity contribution in [1.29, 1.82) is 0 Å². The number of hydrogen-bond donors (Lipinski definition) is 1. The number of carbonyl (C=O) groups is 1. The molecular formula is C12H24BrNO3. The molecule has 17 heavy (non-hydrogen) atoms. The lowest BCUT2D eigenvalue weighted by Crippen LogP contribution is -2.40. The Bertz CT molecular complexity index is 249. The zero-order valence-corrected chi connectivity index (χ0v) is 13.2. The van der Waals surface area contributed by atoms with Crippen LogP contribution in [0, 0.1) is 5.41 Å². The van der Waals surface area contributed by atoms with Crippen molar-refractivity contribution in [3.8, 4) is 0 Å². The van der Waals surface area contributed by atoms with Crippen molar-refractivity contribution in [1.82, 2.24) is 5.32 Å². The molecule has 0 radical (unpaired) electrons. The number of alkyl carbamates (subject to hydrolysis) is 1. The first-order valence-electron chi connectivity index (χ1n) is 5.73. The minimum Gasteiger partial charge on any atom is -0.444 e. The number of halogens is 1. The van der Waals surface area contributed by atoms with Crippen molar-refractivity contribution in [2.75, 3.05) is 11.9 Å². The summed E-state index contributed by atoms with van der Waals surface area (Å²) in [6.45, 7) is 12.0. The maximum Gasteiger partial charge on any atom is 0.409 e. The molecule has 1 atom stereocenters. The van der Waals surface area contributed by atoms with Gasteiger partial charge in [-0.2, -0.15) is 0 Å². The Labute approximate surface area is 113 Å². The van der Waals surface area contributed by atoms with Gasteiger partial charge in [-0.1, -0.05) is 29.8 Å². The molecule has 1 N–H and O–H groups in total. The predicted molar refractivity (Wildman–Crippen MR) is 72.4 cm³/mol. The third-order valence-electron chi connectivity index (χ3n) is 1.81. The number of nitrogens with one attached hydrogen (secondary N) is 1. The molecular weight excluding hydrogens is 286 g/mol. The molecule has 0 spiro atoms. The molecule has 0 aliphatic rings. The summed E-state index contributed by atoms with van der Waals surface area (Å²) in [5.41, 5.74) is -0.442. The maximum atomic E-state index is 11.4. The van der Waals surface area contributed by atoms with Gasteiger partial charge in [-0.25, -0.2) is 4.79 Å². The summed E-state index contributed by atoms with van der Waals surface area (Å²) >= 11 is 3.42. The van der Waals surface area contributed by atoms with Crippen LogP contribution < -0.4 is 5.32 Å². The lowest BCUT2D eigenvalue weighted by molar-refractivity contribution is -0.00961. The third-order valence-corrected chi connectivity index (χ3v) is 3.32. The number of hydrogen-bond acceptors (Lipinski definition) is 3. The van der Waals surface area contributed by atoms with Crippen LogP contribution in [0.5, 0.6) is 0 Å². The van der Waals surface area contributed by atoms with E-state index in [0.717, 1.165) is 5.33 Å². The van der Waals surface area contributed by atoms with Gasteiger partial charge in [-0.05, 0) is 33.1 Å². The quantitative estimate of drug-likeness (QED) is 0.626. The van der Waals surface area contributed by atoms with Gasteiger partial charge in [0.05, 0.1) is 6.61 Å². The van der Waals surface area contributed by atoms with E-state index in [1.807, 2.05) is 20.8 Å². The molecule has 0 aromatic rings. The molecule has 0 heterocycles. The molecule has 0 aromatic carbocycles. The Morgan fingerprint density at radius 2 is 1.82 bits per heavy atom. The summed E-state index contributed by atoms with van der Waals surface area (Å²) in [5.74, 6) is 0. The molecule has 1 unspecified atom stereocenters. The number of amides is 1. The van der Waals surface area contributed by atoms with Gasteiger partial charge >= 0.3 is 6.09 Å². The summed E-state index contributed by atoms with van der Waals surface area (Å²) in [6, 6.07) is 0. The van der Waals surface area contributed by atoms with E-state index in [1.165, 1.54) is 0 Å². The highest BCUT2D eigenvalue weighted by atomic mass is 79.9. The highest BCUT2D eigenvalue weighted by Crippen LogP contribution is 2.18. The lowest BCUT2D eigenvalue weighted by atomic mass is 9.98. The standard InChI is InChI=1S/C12H24BrNO3/c1-9(16-8-12(5,6)7-13)14-10(15)17-11(2,3)4/h9H,7-8H2,1-6H3,(H,14,15). The second-order valence-corrected chi connectivity index (χ2v) is 6.46. The number of ether oxygens (including phenoxy) is 2. The van der Waals surface area contributed by atoms with Gasteiger partial charge < -0.3 is 9.47 Å². The van der Waals surface area contributed by atoms with E-state index in [9.17, 15) is 4.79 Å². The topological polar surface area (TPSA) is 47.6 Å². The van der Waals surface area contributed by atoms with Crippen LogP contribution >= 0.6 is 15.9 Å². The Morgan fingerprint density at radius 1 is 1.29 bits per heavy atom. The lowest BCUT2D eigenvalue weighted by Gasteiger charge is -2.26. The Morgan fingerprint density at radius 3 is 2.24 bits per heavy atom. The normalized spacial score (nSPS) is 14.3. The van der Waals surface area contributed by atoms with E-state index >= 15 is 0 Å². The summed E-state index contributed by atoms with van der Waals surface area (Å²) in [5, 5.41) is 3.48. The summed E-state index contributed by atoms with van der Waals surface area (Å²) in [4.78, 5) is 11.4. The number of carbonyl (C=O) groups excluding carboxylic acids is 1. The molecule has 0 fully saturated rings. The Balaban J connectivity index is 3.95. The smallest absolute Gasteiger partial charge is 0.409 e. The molecule has 4 nitrogen and oxygen atoms in total. The van der Waals surface area contributed by atoms with Crippen molar-refractivity contribution in [2.24, 2.45) is 5.41 Å². The Kier molecular flexibility index (Phi) is 6.48. The van der Waals surface area contributed by atoms with E-state index < -0.39 is 11.7 Å². The van der Waals surface area contributed by atoms with E-state index in [2.05, 4.69) is 35.1 Å². The van der Waals surface area contributed by atoms with Crippen LogP contribution in [0.2, 0.25) is 0 Å². The minimum atomic E-state index is -0.487. The van der Waals surface area contributed by atoms with Gasteiger partial charge in [-0.15, -0.1) is 0 Å². The van der Waals surface area contributed by atoms with Gasteiger partial charge in [0, 0.05) is 5.33 Å². The first-order valence-corrected chi connectivity index (χ1v) is 6.85. The monoisotopic (exact) mass is 309 g/mol. The molecule has 0 rings (SSSR count). The number of rotatable bonds is 5. The maximum absolute atomic E-state index is 11.4. The summed E-state index contributed by atoms with van der Waals surface area (Å²) < 4.78 is 10.7. The van der Waals surface area contributed by atoms with Crippen molar-refractivity contribution < 1.29 is 14.3 Å². The fraction of sp³-hybridized carbons (Fsp3) is 0.917. The molecule has 1 amide bonds. The van der Waals surface area contributed by atoms with E-state index in [4.69, 9.17) is 9.47 Å². The molecule has 0 aromatic heterocycles.